The number of carbonyl (C=O) groups is 4. The molecule has 170 valence electrons. The fourth-order valence-corrected chi connectivity index (χ4v) is 4.81. The van der Waals surface area contributed by atoms with Crippen LogP contribution in [0.5, 0.6) is 0 Å². The van der Waals surface area contributed by atoms with Crippen molar-refractivity contribution in [2.45, 2.75) is 44.6 Å². The van der Waals surface area contributed by atoms with Gasteiger partial charge in [0.25, 0.3) is 11.8 Å². The van der Waals surface area contributed by atoms with E-state index in [9.17, 15) is 19.2 Å². The molecule has 0 spiro atoms. The van der Waals surface area contributed by atoms with Gasteiger partial charge in [-0.25, -0.2) is 0 Å². The van der Waals surface area contributed by atoms with Gasteiger partial charge in [-0.1, -0.05) is 30.4 Å². The molecule has 1 aliphatic heterocycles. The number of rotatable bonds is 6. The van der Waals surface area contributed by atoms with Crippen molar-refractivity contribution in [3.8, 4) is 0 Å². The number of aryl methyl sites for hydroxylation is 1. The van der Waals surface area contributed by atoms with Gasteiger partial charge in [0, 0.05) is 30.8 Å². The number of hydrogen-bond donors (Lipinski definition) is 0. The number of ketones is 2. The van der Waals surface area contributed by atoms with Crippen molar-refractivity contribution >= 4 is 34.3 Å². The maximum absolute atomic E-state index is 13.0. The molecule has 1 aliphatic carbocycles. The number of hydrogen-bond acceptors (Lipinski definition) is 5. The van der Waals surface area contributed by atoms with E-state index in [4.69, 9.17) is 0 Å². The summed E-state index contributed by atoms with van der Waals surface area (Å²) < 4.78 is 0. The summed E-state index contributed by atoms with van der Waals surface area (Å²) in [5, 5.41) is 1.000. The highest BCUT2D eigenvalue weighted by Gasteiger charge is 2.43. The molecule has 2 heterocycles. The van der Waals surface area contributed by atoms with E-state index in [-0.39, 0.29) is 18.0 Å². The fraction of sp³-hybridized carbons (Fsp3) is 0.250. The lowest BCUT2D eigenvalue weighted by molar-refractivity contribution is -0.123. The highest BCUT2D eigenvalue weighted by Crippen LogP contribution is 2.31. The second-order valence-electron chi connectivity index (χ2n) is 9.05. The van der Waals surface area contributed by atoms with Crippen molar-refractivity contribution < 1.29 is 19.2 Å². The Balaban J connectivity index is 1.25. The third-order valence-electron chi connectivity index (χ3n) is 6.62. The minimum Gasteiger partial charge on any atom is -0.299 e. The molecule has 0 bridgehead atoms. The Bertz CT molecular complexity index is 1370. The van der Waals surface area contributed by atoms with Crippen molar-refractivity contribution in [2.75, 3.05) is 0 Å². The van der Waals surface area contributed by atoms with Crippen LogP contribution < -0.4 is 0 Å². The van der Waals surface area contributed by atoms with Gasteiger partial charge in [0.1, 0.15) is 5.78 Å². The van der Waals surface area contributed by atoms with Gasteiger partial charge in [0.05, 0.1) is 22.7 Å². The van der Waals surface area contributed by atoms with Gasteiger partial charge in [-0.2, -0.15) is 0 Å². The van der Waals surface area contributed by atoms with Crippen LogP contribution in [0.4, 0.5) is 0 Å². The molecule has 0 saturated heterocycles. The zero-order valence-corrected chi connectivity index (χ0v) is 18.8. The molecule has 2 amide bonds. The summed E-state index contributed by atoms with van der Waals surface area (Å²) in [5.74, 6) is -0.884. The number of aromatic nitrogens is 1. The highest BCUT2D eigenvalue weighted by atomic mass is 16.2. The number of imide groups is 1. The van der Waals surface area contributed by atoms with Crippen LogP contribution in [0.25, 0.3) is 10.9 Å². The first kappa shape index (κ1) is 21.9. The smallest absolute Gasteiger partial charge is 0.262 e. The van der Waals surface area contributed by atoms with E-state index in [1.807, 2.05) is 30.3 Å². The average Bonchev–Trinajstić information content (AvgIpc) is 3.07. The van der Waals surface area contributed by atoms with Gasteiger partial charge in [0.15, 0.2) is 5.78 Å². The van der Waals surface area contributed by atoms with Crippen LogP contribution in [0.2, 0.25) is 0 Å². The molecule has 6 nitrogen and oxygen atoms in total. The molecular formula is C28H24N2O4. The molecule has 1 fully saturated rings. The summed E-state index contributed by atoms with van der Waals surface area (Å²) in [6.07, 6.45) is 4.14. The first-order valence-electron chi connectivity index (χ1n) is 11.5. The number of amides is 2. The van der Waals surface area contributed by atoms with Crippen LogP contribution >= 0.6 is 0 Å². The number of carbonyl (C=O) groups excluding carboxylic acids is 4. The van der Waals surface area contributed by atoms with E-state index in [2.05, 4.69) is 11.6 Å². The molecule has 6 heteroatoms. The van der Waals surface area contributed by atoms with E-state index in [1.54, 1.807) is 24.4 Å². The Kier molecular flexibility index (Phi) is 5.65. The van der Waals surface area contributed by atoms with Crippen LogP contribution in [0, 0.1) is 0 Å². The normalized spacial score (nSPS) is 18.0. The molecule has 1 saturated carbocycles. The van der Waals surface area contributed by atoms with E-state index in [1.165, 1.54) is 0 Å². The van der Waals surface area contributed by atoms with E-state index < -0.39 is 17.9 Å². The number of fused-ring (bicyclic) bond motifs is 2. The Labute approximate surface area is 197 Å². The Morgan fingerprint density at radius 3 is 2.62 bits per heavy atom. The van der Waals surface area contributed by atoms with Crippen molar-refractivity contribution in [3.63, 3.8) is 0 Å². The van der Waals surface area contributed by atoms with Gasteiger partial charge in [-0.05, 0) is 60.7 Å². The molecule has 0 radical (unpaired) electrons. The lowest BCUT2D eigenvalue weighted by Crippen LogP contribution is -2.46. The topological polar surface area (TPSA) is 84.4 Å². The first-order valence-corrected chi connectivity index (χ1v) is 11.5. The molecule has 2 aromatic carbocycles. The Morgan fingerprint density at radius 2 is 1.79 bits per heavy atom. The Hall–Kier alpha value is -3.93. The molecule has 2 aliphatic rings. The van der Waals surface area contributed by atoms with Crippen LogP contribution in [0.15, 0.2) is 66.9 Å². The summed E-state index contributed by atoms with van der Waals surface area (Å²) in [4.78, 5) is 56.4. The molecule has 34 heavy (non-hydrogen) atoms. The second kappa shape index (κ2) is 8.78. The number of Topliss-reactive ketones (excluding diaryl/α,β-unsaturated/α-hetero) is 2. The van der Waals surface area contributed by atoms with Crippen LogP contribution in [0.1, 0.15) is 57.5 Å². The number of allylic oxidation sites excluding steroid dienone is 1. The standard InChI is InChI=1S/C28H24N2O4/c1-17-4-11-25(26(32)13-17)30-27(33)22-9-6-18(16-23(22)28(30)34)5-8-21(31)15-19-7-10-24-20(14-19)3-2-12-29-24/h2-3,6-7,9-10,12,14,16,25H,1,4-5,8,11,13,15H2. The van der Waals surface area contributed by atoms with Gasteiger partial charge in [-0.15, -0.1) is 0 Å². The van der Waals surface area contributed by atoms with Gasteiger partial charge < -0.3 is 0 Å². The number of pyridine rings is 1. The molecular weight excluding hydrogens is 428 g/mol. The molecule has 3 aromatic rings. The second-order valence-corrected chi connectivity index (χ2v) is 9.05. The van der Waals surface area contributed by atoms with Gasteiger partial charge in [0.2, 0.25) is 0 Å². The van der Waals surface area contributed by atoms with Crippen molar-refractivity contribution in [1.82, 2.24) is 9.88 Å². The summed E-state index contributed by atoms with van der Waals surface area (Å²) in [6, 6.07) is 14.1. The summed E-state index contributed by atoms with van der Waals surface area (Å²) in [5.41, 5.74) is 4.13. The van der Waals surface area contributed by atoms with Crippen LogP contribution in [-0.4, -0.2) is 39.3 Å². The summed E-state index contributed by atoms with van der Waals surface area (Å²) >= 11 is 0. The maximum atomic E-state index is 13.0. The number of benzene rings is 2. The highest BCUT2D eigenvalue weighted by molar-refractivity contribution is 6.23. The fourth-order valence-electron chi connectivity index (χ4n) is 4.81. The Morgan fingerprint density at radius 1 is 1.00 bits per heavy atom. The lowest BCUT2D eigenvalue weighted by atomic mass is 9.89. The van der Waals surface area contributed by atoms with Crippen molar-refractivity contribution in [2.24, 2.45) is 0 Å². The van der Waals surface area contributed by atoms with Gasteiger partial charge in [-0.3, -0.25) is 29.1 Å². The molecule has 5 rings (SSSR count). The monoisotopic (exact) mass is 452 g/mol. The quantitative estimate of drug-likeness (QED) is 0.412. The SMILES string of the molecule is C=C1CCC(N2C(=O)c3ccc(CCC(=O)Cc4ccc5ncccc5c4)cc3C2=O)C(=O)C1. The minimum absolute atomic E-state index is 0.0980. The molecule has 1 unspecified atom stereocenters. The minimum atomic E-state index is -0.722. The van der Waals surface area contributed by atoms with E-state index >= 15 is 0 Å². The third kappa shape index (κ3) is 4.07. The number of nitrogens with zero attached hydrogens (tertiary/aromatic N) is 2. The predicted molar refractivity (Wildman–Crippen MR) is 128 cm³/mol. The van der Waals surface area contributed by atoms with Crippen LogP contribution in [0.3, 0.4) is 0 Å². The summed E-state index contributed by atoms with van der Waals surface area (Å²) in [7, 11) is 0. The first-order chi connectivity index (χ1) is 16.4. The summed E-state index contributed by atoms with van der Waals surface area (Å²) in [6.45, 7) is 3.85. The predicted octanol–water partition coefficient (Wildman–Crippen LogP) is 4.25. The van der Waals surface area contributed by atoms with Gasteiger partial charge >= 0.3 is 0 Å². The molecule has 1 aromatic heterocycles. The lowest BCUT2D eigenvalue weighted by Gasteiger charge is -2.29. The van der Waals surface area contributed by atoms with Crippen molar-refractivity contribution in [1.29, 1.82) is 0 Å². The average molecular weight is 453 g/mol. The third-order valence-corrected chi connectivity index (χ3v) is 6.62. The van der Waals surface area contributed by atoms with E-state index in [0.29, 0.717) is 43.2 Å². The zero-order valence-electron chi connectivity index (χ0n) is 18.8. The largest absolute Gasteiger partial charge is 0.299 e. The molecule has 1 atom stereocenters. The molecule has 0 N–H and O–H groups in total. The zero-order chi connectivity index (χ0) is 23.8. The van der Waals surface area contributed by atoms with Crippen molar-refractivity contribution in [3.05, 3.63) is 89.1 Å². The van der Waals surface area contributed by atoms with Crippen LogP contribution in [-0.2, 0) is 22.4 Å². The van der Waals surface area contributed by atoms with E-state index in [0.717, 1.165) is 32.5 Å². The maximum Gasteiger partial charge on any atom is 0.262 e.